The van der Waals surface area contributed by atoms with Crippen LogP contribution in [0.25, 0.3) is 0 Å². The average Bonchev–Trinajstić information content (AvgIpc) is 2.33. The number of benzene rings is 1. The van der Waals surface area contributed by atoms with Gasteiger partial charge in [0.05, 0.1) is 0 Å². The molecule has 0 saturated carbocycles. The normalized spacial score (nSPS) is 15.6. The summed E-state index contributed by atoms with van der Waals surface area (Å²) in [6.45, 7) is 1.64. The molecule has 0 heterocycles. The van der Waals surface area contributed by atoms with Crippen LogP contribution in [-0.2, 0) is 20.2 Å². The Morgan fingerprint density at radius 1 is 1.25 bits per heavy atom. The van der Waals surface area contributed by atoms with Crippen molar-refractivity contribution in [3.8, 4) is 0 Å². The summed E-state index contributed by atoms with van der Waals surface area (Å²) < 4.78 is 5.20. The maximum absolute atomic E-state index is 9.07. The number of methoxy groups -OCH3 is 1. The Morgan fingerprint density at radius 2 is 1.88 bits per heavy atom. The van der Waals surface area contributed by atoms with E-state index in [0.717, 1.165) is 0 Å². The Labute approximate surface area is 94.2 Å². The van der Waals surface area contributed by atoms with Crippen LogP contribution in [-0.4, -0.2) is 25.2 Å². The molecule has 0 spiro atoms. The van der Waals surface area contributed by atoms with Crippen molar-refractivity contribution in [2.75, 3.05) is 14.2 Å². The molecule has 0 aliphatic rings. The van der Waals surface area contributed by atoms with Gasteiger partial charge >= 0.3 is 0 Å². The fourth-order valence-corrected chi connectivity index (χ4v) is 1.49. The van der Waals surface area contributed by atoms with E-state index in [2.05, 4.69) is 14.9 Å². The molecule has 1 N–H and O–H groups in total. The van der Waals surface area contributed by atoms with E-state index >= 15 is 0 Å². The number of hydrogen-bond donors (Lipinski definition) is 1. The van der Waals surface area contributed by atoms with E-state index in [9.17, 15) is 0 Å². The summed E-state index contributed by atoms with van der Waals surface area (Å²) >= 11 is 0. The maximum atomic E-state index is 9.07. The van der Waals surface area contributed by atoms with Crippen molar-refractivity contribution < 1.29 is 19.7 Å². The van der Waals surface area contributed by atoms with E-state index in [4.69, 9.17) is 9.99 Å². The largest absolute Gasteiger partial charge is 0.399 e. The van der Waals surface area contributed by atoms with Crippen molar-refractivity contribution in [3.05, 3.63) is 35.9 Å². The van der Waals surface area contributed by atoms with E-state index < -0.39 is 5.79 Å². The first kappa shape index (κ1) is 12.6. The molecule has 0 amide bonds. The third-order valence-corrected chi connectivity index (χ3v) is 2.27. The van der Waals surface area contributed by atoms with Crippen LogP contribution in [0.2, 0.25) is 0 Å². The molecule has 0 aromatic heterocycles. The van der Waals surface area contributed by atoms with Crippen LogP contribution in [0.15, 0.2) is 35.5 Å². The molecule has 1 atom stereocenters. The summed E-state index contributed by atoms with van der Waals surface area (Å²) in [5, 5.41) is 12.8. The fourth-order valence-electron chi connectivity index (χ4n) is 1.49. The highest BCUT2D eigenvalue weighted by Gasteiger charge is 2.38. The van der Waals surface area contributed by atoms with Crippen LogP contribution in [0.4, 0.5) is 0 Å². The van der Waals surface area contributed by atoms with Crippen molar-refractivity contribution in [2.45, 2.75) is 12.7 Å². The number of oxime groups is 1. The van der Waals surface area contributed by atoms with Gasteiger partial charge in [-0.1, -0.05) is 35.5 Å². The van der Waals surface area contributed by atoms with Crippen LogP contribution in [0.5, 0.6) is 0 Å². The van der Waals surface area contributed by atoms with Gasteiger partial charge in [-0.15, -0.1) is 0 Å². The van der Waals surface area contributed by atoms with Gasteiger partial charge < -0.3 is 9.57 Å². The molecule has 1 aromatic rings. The second-order valence-electron chi connectivity index (χ2n) is 3.14. The maximum Gasteiger partial charge on any atom is 0.269 e. The van der Waals surface area contributed by atoms with Gasteiger partial charge in [0.2, 0.25) is 0 Å². The lowest BCUT2D eigenvalue weighted by atomic mass is 10.0. The SMILES string of the molecule is CO/N=C(\C)C(OC)(OO)c1ccccc1. The zero-order valence-electron chi connectivity index (χ0n) is 9.51. The molecule has 1 aromatic carbocycles. The summed E-state index contributed by atoms with van der Waals surface area (Å²) in [5.74, 6) is -1.43. The number of hydrogen-bond acceptors (Lipinski definition) is 5. The first-order valence-electron chi connectivity index (χ1n) is 4.72. The number of rotatable bonds is 5. The lowest BCUT2D eigenvalue weighted by Gasteiger charge is -2.28. The van der Waals surface area contributed by atoms with E-state index in [1.807, 2.05) is 18.2 Å². The molecule has 0 bridgehead atoms. The standard InChI is InChI=1S/C11H15NO4/c1-9(12-15-3)11(14-2,16-13)10-7-5-4-6-8-10/h4-8,13H,1-3H3/b12-9+. The smallest absolute Gasteiger partial charge is 0.269 e. The third kappa shape index (κ3) is 2.21. The first-order valence-corrected chi connectivity index (χ1v) is 4.72. The molecule has 16 heavy (non-hydrogen) atoms. The number of ether oxygens (including phenoxy) is 1. The van der Waals surface area contributed by atoms with Crippen LogP contribution < -0.4 is 0 Å². The van der Waals surface area contributed by atoms with Gasteiger partial charge in [-0.25, -0.2) is 5.26 Å². The van der Waals surface area contributed by atoms with Gasteiger partial charge in [0.15, 0.2) is 0 Å². The second kappa shape index (κ2) is 5.60. The molecular formula is C11H15NO4. The zero-order valence-corrected chi connectivity index (χ0v) is 9.51. The summed E-state index contributed by atoms with van der Waals surface area (Å²) in [6, 6.07) is 8.98. The highest BCUT2D eigenvalue weighted by molar-refractivity contribution is 5.89. The van der Waals surface area contributed by atoms with Crippen LogP contribution in [0.1, 0.15) is 12.5 Å². The van der Waals surface area contributed by atoms with Crippen LogP contribution in [0.3, 0.4) is 0 Å². The highest BCUT2D eigenvalue weighted by Crippen LogP contribution is 2.27. The van der Waals surface area contributed by atoms with Crippen LogP contribution >= 0.6 is 0 Å². The summed E-state index contributed by atoms with van der Waals surface area (Å²) in [7, 11) is 2.82. The minimum absolute atomic E-state index is 0.353. The molecule has 5 heteroatoms. The van der Waals surface area contributed by atoms with Gasteiger partial charge in [-0.05, 0) is 6.92 Å². The van der Waals surface area contributed by atoms with E-state index in [-0.39, 0.29) is 0 Å². The molecule has 0 saturated heterocycles. The van der Waals surface area contributed by atoms with Gasteiger partial charge in [0.25, 0.3) is 5.79 Å². The topological polar surface area (TPSA) is 60.3 Å². The molecule has 1 unspecified atom stereocenters. The summed E-state index contributed by atoms with van der Waals surface area (Å²) in [6.07, 6.45) is 0. The zero-order chi connectivity index (χ0) is 12.0. The van der Waals surface area contributed by atoms with Crippen LogP contribution in [0, 0.1) is 0 Å². The monoisotopic (exact) mass is 225 g/mol. The van der Waals surface area contributed by atoms with E-state index in [1.165, 1.54) is 14.2 Å². The van der Waals surface area contributed by atoms with Gasteiger partial charge in [-0.2, -0.15) is 4.89 Å². The predicted molar refractivity (Wildman–Crippen MR) is 59.0 cm³/mol. The van der Waals surface area contributed by atoms with Gasteiger partial charge in [0.1, 0.15) is 12.8 Å². The van der Waals surface area contributed by atoms with Crippen molar-refractivity contribution >= 4 is 5.71 Å². The van der Waals surface area contributed by atoms with Crippen molar-refractivity contribution in [1.82, 2.24) is 0 Å². The quantitative estimate of drug-likeness (QED) is 0.360. The van der Waals surface area contributed by atoms with E-state index in [0.29, 0.717) is 11.3 Å². The van der Waals surface area contributed by atoms with Crippen molar-refractivity contribution in [1.29, 1.82) is 0 Å². The molecule has 0 aliphatic heterocycles. The predicted octanol–water partition coefficient (Wildman–Crippen LogP) is 2.00. The molecular weight excluding hydrogens is 210 g/mol. The Bertz CT molecular complexity index is 346. The highest BCUT2D eigenvalue weighted by atomic mass is 17.1. The fraction of sp³-hybridized carbons (Fsp3) is 0.364. The summed E-state index contributed by atoms with van der Waals surface area (Å²) in [5.41, 5.74) is 0.976. The second-order valence-corrected chi connectivity index (χ2v) is 3.14. The molecule has 0 radical (unpaired) electrons. The average molecular weight is 225 g/mol. The third-order valence-electron chi connectivity index (χ3n) is 2.27. The Hall–Kier alpha value is -1.43. The van der Waals surface area contributed by atoms with Crippen molar-refractivity contribution in [3.63, 3.8) is 0 Å². The molecule has 0 fully saturated rings. The molecule has 1 rings (SSSR count). The minimum Gasteiger partial charge on any atom is -0.399 e. The van der Waals surface area contributed by atoms with E-state index in [1.54, 1.807) is 19.1 Å². The molecule has 5 nitrogen and oxygen atoms in total. The Balaban J connectivity index is 3.21. The van der Waals surface area contributed by atoms with Crippen molar-refractivity contribution in [2.24, 2.45) is 5.16 Å². The Morgan fingerprint density at radius 3 is 2.31 bits per heavy atom. The van der Waals surface area contributed by atoms with Gasteiger partial charge in [0, 0.05) is 12.7 Å². The first-order chi connectivity index (χ1) is 7.71. The Kier molecular flexibility index (Phi) is 4.42. The summed E-state index contributed by atoms with van der Waals surface area (Å²) in [4.78, 5) is 9.11. The minimum atomic E-state index is -1.43. The molecule has 88 valence electrons. The lowest BCUT2D eigenvalue weighted by molar-refractivity contribution is -0.377. The number of nitrogens with zero attached hydrogens (tertiary/aromatic N) is 1. The molecule has 0 aliphatic carbocycles. The lowest BCUT2D eigenvalue weighted by Crippen LogP contribution is -2.38. The van der Waals surface area contributed by atoms with Gasteiger partial charge in [-0.3, -0.25) is 0 Å².